The Hall–Kier alpha value is 0.511. The second-order valence-corrected chi connectivity index (χ2v) is 16.5. The summed E-state index contributed by atoms with van der Waals surface area (Å²) in [7, 11) is -2.21. The molecule has 0 spiro atoms. The Balaban J connectivity index is 3.15. The van der Waals surface area contributed by atoms with Crippen LogP contribution in [-0.4, -0.2) is 33.9 Å². The predicted molar refractivity (Wildman–Crippen MR) is 72.2 cm³/mol. The third-order valence-corrected chi connectivity index (χ3v) is 7.38. The fourth-order valence-electron chi connectivity index (χ4n) is 2.41. The van der Waals surface area contributed by atoms with Gasteiger partial charge in [0.15, 0.2) is 0 Å². The van der Waals surface area contributed by atoms with Crippen molar-refractivity contribution >= 4 is 33.9 Å². The van der Waals surface area contributed by atoms with Gasteiger partial charge in [0, 0.05) is 0 Å². The van der Waals surface area contributed by atoms with Crippen LogP contribution in [0.5, 0.6) is 0 Å². The summed E-state index contributed by atoms with van der Waals surface area (Å²) in [6, 6.07) is 0. The summed E-state index contributed by atoms with van der Waals surface area (Å²) >= 11 is 2.33. The van der Waals surface area contributed by atoms with Crippen LogP contribution in [0.3, 0.4) is 0 Å². The molecular formula is C11H21LiSi2. The first-order valence-corrected chi connectivity index (χ1v) is 12.6. The van der Waals surface area contributed by atoms with Crippen molar-refractivity contribution in [1.82, 2.24) is 0 Å². The Morgan fingerprint density at radius 3 is 1.79 bits per heavy atom. The molecule has 3 heteroatoms. The first kappa shape index (κ1) is 12.6. The van der Waals surface area contributed by atoms with Gasteiger partial charge in [-0.15, -0.1) is 0 Å². The third-order valence-electron chi connectivity index (χ3n) is 2.87. The predicted octanol–water partition coefficient (Wildman–Crippen LogP) is 3.49. The van der Waals surface area contributed by atoms with E-state index in [2.05, 4.69) is 63.1 Å². The Labute approximate surface area is 100 Å². The summed E-state index contributed by atoms with van der Waals surface area (Å²) in [5, 5.41) is 3.55. The van der Waals surface area contributed by atoms with Crippen LogP contribution < -0.4 is 0 Å². The zero-order chi connectivity index (χ0) is 11.1. The molecule has 0 aromatic rings. The molecule has 0 heterocycles. The molecule has 0 bridgehead atoms. The van der Waals surface area contributed by atoms with Gasteiger partial charge in [0.05, 0.1) is 0 Å². The molecular weight excluding hydrogens is 195 g/mol. The summed E-state index contributed by atoms with van der Waals surface area (Å²) in [4.78, 5) is 0. The molecule has 0 N–H and O–H groups in total. The van der Waals surface area contributed by atoms with Crippen molar-refractivity contribution in [2.75, 3.05) is 0 Å². The number of hydrogen-bond donors (Lipinski definition) is 0. The van der Waals surface area contributed by atoms with E-state index in [9.17, 15) is 0 Å². The van der Waals surface area contributed by atoms with Gasteiger partial charge in [0.1, 0.15) is 0 Å². The molecule has 0 nitrogen and oxygen atoms in total. The molecule has 0 fully saturated rings. The van der Waals surface area contributed by atoms with Gasteiger partial charge in [0.2, 0.25) is 0 Å². The van der Waals surface area contributed by atoms with Crippen LogP contribution >= 0.6 is 0 Å². The van der Waals surface area contributed by atoms with Gasteiger partial charge in [-0.05, 0) is 0 Å². The van der Waals surface area contributed by atoms with Crippen molar-refractivity contribution < 1.29 is 0 Å². The van der Waals surface area contributed by atoms with Gasteiger partial charge in [-0.2, -0.15) is 0 Å². The summed E-state index contributed by atoms with van der Waals surface area (Å²) < 4.78 is 1.65. The molecule has 0 saturated heterocycles. The number of allylic oxidation sites excluding steroid dienone is 4. The fourth-order valence-corrected chi connectivity index (χ4v) is 8.63. The van der Waals surface area contributed by atoms with Crippen LogP contribution in [0.4, 0.5) is 0 Å². The molecule has 1 aliphatic rings. The number of hydrogen-bond acceptors (Lipinski definition) is 0. The van der Waals surface area contributed by atoms with Crippen LogP contribution in [0.2, 0.25) is 39.3 Å². The molecule has 74 valence electrons. The molecule has 1 aliphatic carbocycles. The molecule has 14 heavy (non-hydrogen) atoms. The Bertz CT molecular complexity index is 300. The van der Waals surface area contributed by atoms with E-state index in [1.54, 1.807) is 14.6 Å². The molecule has 0 aromatic heterocycles. The molecule has 0 radical (unpaired) electrons. The zero-order valence-electron chi connectivity index (χ0n) is 10.8. The minimum absolute atomic E-state index is 1.10. The SMILES string of the molecule is [Li][C]1=C([Si](C)(C)C)C([Si](C)(C)C)=CC1. The molecule has 0 aromatic carbocycles. The van der Waals surface area contributed by atoms with E-state index in [-0.39, 0.29) is 0 Å². The van der Waals surface area contributed by atoms with Gasteiger partial charge in [-0.25, -0.2) is 0 Å². The summed E-state index contributed by atoms with van der Waals surface area (Å²) in [5.41, 5.74) is 0. The summed E-state index contributed by atoms with van der Waals surface area (Å²) in [6.45, 7) is 14.8. The van der Waals surface area contributed by atoms with Crippen molar-refractivity contribution in [3.8, 4) is 0 Å². The average Bonchev–Trinajstić information content (AvgIpc) is 2.27. The van der Waals surface area contributed by atoms with Gasteiger partial charge in [0.25, 0.3) is 0 Å². The zero-order valence-corrected chi connectivity index (χ0v) is 12.8. The van der Waals surface area contributed by atoms with Crippen LogP contribution in [0, 0.1) is 0 Å². The van der Waals surface area contributed by atoms with Crippen molar-refractivity contribution in [2.24, 2.45) is 0 Å². The van der Waals surface area contributed by atoms with Crippen LogP contribution in [0.25, 0.3) is 0 Å². The third kappa shape index (κ3) is 2.55. The topological polar surface area (TPSA) is 0 Å². The number of rotatable bonds is 2. The molecule has 0 amide bonds. The minimum atomic E-state index is -1.11. The Morgan fingerprint density at radius 1 is 1.00 bits per heavy atom. The van der Waals surface area contributed by atoms with Crippen molar-refractivity contribution in [3.63, 3.8) is 0 Å². The standard InChI is InChI=1S/C11H21Si2.Li/c1-12(2,3)10-8-7-9-11(10)13(4,5)6;/h8H,7H2,1-6H3;. The molecule has 0 unspecified atom stereocenters. The second kappa shape index (κ2) is 3.83. The van der Waals surface area contributed by atoms with Crippen molar-refractivity contribution in [1.29, 1.82) is 0 Å². The molecule has 0 atom stereocenters. The van der Waals surface area contributed by atoms with Crippen LogP contribution in [-0.2, 0) is 0 Å². The quantitative estimate of drug-likeness (QED) is 0.620. The first-order valence-electron chi connectivity index (χ1n) is 5.55. The Kier molecular flexibility index (Phi) is 3.44. The van der Waals surface area contributed by atoms with Gasteiger partial charge < -0.3 is 0 Å². The van der Waals surface area contributed by atoms with E-state index >= 15 is 0 Å². The molecule has 1 rings (SSSR count). The Morgan fingerprint density at radius 2 is 1.50 bits per heavy atom. The van der Waals surface area contributed by atoms with Gasteiger partial charge in [-0.3, -0.25) is 0 Å². The van der Waals surface area contributed by atoms with E-state index < -0.39 is 16.1 Å². The normalized spacial score (nSPS) is 19.0. The second-order valence-electron chi connectivity index (χ2n) is 6.48. The van der Waals surface area contributed by atoms with E-state index in [1.165, 1.54) is 6.42 Å². The maximum atomic E-state index is 2.51. The molecule has 0 saturated carbocycles. The monoisotopic (exact) mass is 216 g/mol. The maximum absolute atomic E-state index is 2.51. The van der Waals surface area contributed by atoms with E-state index in [0.29, 0.717) is 0 Å². The van der Waals surface area contributed by atoms with Crippen LogP contribution in [0.1, 0.15) is 6.42 Å². The summed E-state index contributed by atoms with van der Waals surface area (Å²) in [6.07, 6.45) is 3.73. The van der Waals surface area contributed by atoms with Gasteiger partial charge in [-0.1, -0.05) is 0 Å². The van der Waals surface area contributed by atoms with E-state index in [1.807, 2.05) is 0 Å². The van der Waals surface area contributed by atoms with E-state index in [4.69, 9.17) is 0 Å². The van der Waals surface area contributed by atoms with Crippen molar-refractivity contribution in [2.45, 2.75) is 45.7 Å². The van der Waals surface area contributed by atoms with Crippen LogP contribution in [0.15, 0.2) is 20.7 Å². The average molecular weight is 216 g/mol. The first-order chi connectivity index (χ1) is 6.14. The molecule has 0 aliphatic heterocycles. The van der Waals surface area contributed by atoms with Crippen molar-refractivity contribution in [3.05, 3.63) is 20.7 Å². The van der Waals surface area contributed by atoms with Gasteiger partial charge >= 0.3 is 100 Å². The summed E-state index contributed by atoms with van der Waals surface area (Å²) in [5.74, 6) is 0. The fraction of sp³-hybridized carbons (Fsp3) is 0.636. The van der Waals surface area contributed by atoms with E-state index in [0.717, 1.165) is 0 Å².